The van der Waals surface area contributed by atoms with Crippen LogP contribution in [0.3, 0.4) is 0 Å². The number of fused-ring (bicyclic) bond motifs is 14. The fourth-order valence-corrected chi connectivity index (χ4v) is 10.6. The van der Waals surface area contributed by atoms with E-state index in [1.165, 1.54) is 52.8 Å². The lowest BCUT2D eigenvalue weighted by Gasteiger charge is -2.15. The van der Waals surface area contributed by atoms with Gasteiger partial charge in [0.25, 0.3) is 0 Å². The van der Waals surface area contributed by atoms with Crippen molar-refractivity contribution in [3.63, 3.8) is 0 Å². The van der Waals surface area contributed by atoms with E-state index in [-0.39, 0.29) is 0 Å². The molecule has 4 aromatic heterocycles. The van der Waals surface area contributed by atoms with Crippen LogP contribution in [0.5, 0.6) is 0 Å². The topological polar surface area (TPSA) is 43.9 Å². The highest BCUT2D eigenvalue weighted by molar-refractivity contribution is 7.79. The summed E-state index contributed by atoms with van der Waals surface area (Å²) in [7, 11) is 0. The average molecular weight is 754 g/mol. The monoisotopic (exact) mass is 753 g/mol. The molecular weight excluding hydrogens is 723 g/mol. The van der Waals surface area contributed by atoms with Crippen molar-refractivity contribution in [2.24, 2.45) is 0 Å². The number of nitrogens with zero attached hydrogens (tertiary/aromatic N) is 3. The van der Waals surface area contributed by atoms with Gasteiger partial charge in [0.2, 0.25) is 0 Å². The minimum Gasteiger partial charge on any atom is -0.455 e. The first kappa shape index (κ1) is 31.8. The van der Waals surface area contributed by atoms with E-state index in [1.54, 1.807) is 0 Å². The van der Waals surface area contributed by atoms with Crippen LogP contribution in [0.15, 0.2) is 150 Å². The molecule has 12 rings (SSSR count). The van der Waals surface area contributed by atoms with Gasteiger partial charge in [-0.2, -0.15) is 12.6 Å². The van der Waals surface area contributed by atoms with Gasteiger partial charge in [-0.05, 0) is 64.5 Å². The quantitative estimate of drug-likeness (QED) is 0.182. The molecule has 12 aromatic rings. The zero-order valence-corrected chi connectivity index (χ0v) is 32.0. The lowest BCUT2D eigenvalue weighted by atomic mass is 9.95. The molecule has 56 heavy (non-hydrogen) atoms. The molecule has 0 saturated heterocycles. The van der Waals surface area contributed by atoms with E-state index in [9.17, 15) is 0 Å². The van der Waals surface area contributed by atoms with E-state index in [4.69, 9.17) is 27.0 Å². The maximum atomic E-state index is 6.66. The summed E-state index contributed by atoms with van der Waals surface area (Å²) < 4.78 is 11.5. The Morgan fingerprint density at radius 3 is 2.21 bits per heavy atom. The van der Waals surface area contributed by atoms with Crippen molar-refractivity contribution in [2.45, 2.75) is 12.7 Å². The summed E-state index contributed by atoms with van der Waals surface area (Å²) in [6.07, 6.45) is 4.43. The Morgan fingerprint density at radius 1 is 0.661 bits per heavy atom. The largest absolute Gasteiger partial charge is 0.455 e. The van der Waals surface area contributed by atoms with Crippen LogP contribution in [-0.4, -0.2) is 14.5 Å². The highest BCUT2D eigenvalue weighted by Gasteiger charge is 2.27. The van der Waals surface area contributed by atoms with Crippen molar-refractivity contribution in [1.82, 2.24) is 14.5 Å². The minimum absolute atomic E-state index is 0.582. The Hall–Kier alpha value is -6.47. The third kappa shape index (κ3) is 4.42. The molecule has 4 nitrogen and oxygen atoms in total. The van der Waals surface area contributed by atoms with Gasteiger partial charge in [-0.15, -0.1) is 11.3 Å². The third-order valence-corrected chi connectivity index (χ3v) is 12.9. The molecular formula is C50H31N3OS2. The minimum atomic E-state index is 0.582. The second kappa shape index (κ2) is 12.0. The molecule has 0 aliphatic carbocycles. The number of aromatic nitrogens is 3. The van der Waals surface area contributed by atoms with E-state index in [0.717, 1.165) is 71.9 Å². The van der Waals surface area contributed by atoms with Crippen LogP contribution < -0.4 is 0 Å². The van der Waals surface area contributed by atoms with Gasteiger partial charge in [0, 0.05) is 59.8 Å². The molecule has 0 saturated carbocycles. The summed E-state index contributed by atoms with van der Waals surface area (Å²) in [6, 6.07) is 49.5. The number of benzene rings is 8. The molecule has 0 fully saturated rings. The summed E-state index contributed by atoms with van der Waals surface area (Å²) in [5, 5.41) is 11.7. The number of allylic oxidation sites excluding steroid dienone is 1. The second-order valence-corrected chi connectivity index (χ2v) is 15.9. The Balaban J connectivity index is 1.26. The molecule has 0 atom stereocenters. The van der Waals surface area contributed by atoms with Crippen molar-refractivity contribution in [3.05, 3.63) is 157 Å². The van der Waals surface area contributed by atoms with E-state index in [2.05, 4.69) is 163 Å². The molecule has 8 aromatic carbocycles. The van der Waals surface area contributed by atoms with Gasteiger partial charge in [-0.3, -0.25) is 4.57 Å². The van der Waals surface area contributed by atoms with Crippen molar-refractivity contribution >= 4 is 127 Å². The Labute approximate surface area is 330 Å². The van der Waals surface area contributed by atoms with E-state index >= 15 is 0 Å². The standard InChI is InChI=1S/C50H31N3OS2/c1-2-12-33-38(27-55)44-35-19-10-11-20-41(35)53(47(44)49-45(33)37-23-30-16-6-7-17-31(30)24-43(37)56-49)50-46(29-14-4-3-5-15-29)51-39-25-36-34-22-21-28-13-8-9-18-32(28)48(34)54-42(36)26-40(39)52-50/h2-26,55H,27H2,1H3/b12-2-. The summed E-state index contributed by atoms with van der Waals surface area (Å²) in [4.78, 5) is 11.1. The first-order chi connectivity index (χ1) is 27.7. The lowest BCUT2D eigenvalue weighted by Crippen LogP contribution is -2.04. The van der Waals surface area contributed by atoms with Crippen LogP contribution in [0.1, 0.15) is 18.1 Å². The van der Waals surface area contributed by atoms with Crippen LogP contribution >= 0.6 is 24.0 Å². The maximum absolute atomic E-state index is 6.66. The zero-order valence-electron chi connectivity index (χ0n) is 30.2. The molecule has 0 unspecified atom stereocenters. The molecule has 0 N–H and O–H groups in total. The molecule has 0 aliphatic rings. The molecule has 0 bridgehead atoms. The Kier molecular flexibility index (Phi) is 6.83. The number of furan rings is 1. The zero-order chi connectivity index (χ0) is 37.1. The van der Waals surface area contributed by atoms with E-state index < -0.39 is 0 Å². The summed E-state index contributed by atoms with van der Waals surface area (Å²) in [6.45, 7) is 2.10. The Morgan fingerprint density at radius 2 is 1.39 bits per heavy atom. The molecule has 4 heterocycles. The highest BCUT2D eigenvalue weighted by Crippen LogP contribution is 2.49. The normalized spacial score (nSPS) is 12.5. The van der Waals surface area contributed by atoms with Gasteiger partial charge in [0.1, 0.15) is 16.9 Å². The van der Waals surface area contributed by atoms with Gasteiger partial charge in [0.15, 0.2) is 5.82 Å². The molecule has 0 aliphatic heterocycles. The second-order valence-electron chi connectivity index (χ2n) is 14.5. The van der Waals surface area contributed by atoms with Crippen LogP contribution in [0.25, 0.3) is 120 Å². The van der Waals surface area contributed by atoms with Crippen LogP contribution in [-0.2, 0) is 5.75 Å². The molecule has 0 spiro atoms. The van der Waals surface area contributed by atoms with Gasteiger partial charge in [0.05, 0.1) is 26.8 Å². The van der Waals surface area contributed by atoms with Crippen LogP contribution in [0.4, 0.5) is 0 Å². The first-order valence-electron chi connectivity index (χ1n) is 18.9. The van der Waals surface area contributed by atoms with Gasteiger partial charge in [-0.1, -0.05) is 115 Å². The predicted octanol–water partition coefficient (Wildman–Crippen LogP) is 14.4. The number of thiophene rings is 1. The fourth-order valence-electron chi connectivity index (χ4n) is 8.99. The third-order valence-electron chi connectivity index (χ3n) is 11.4. The molecule has 264 valence electrons. The molecule has 0 radical (unpaired) electrons. The average Bonchev–Trinajstić information content (AvgIpc) is 3.91. The highest BCUT2D eigenvalue weighted by atomic mass is 32.1. The van der Waals surface area contributed by atoms with Gasteiger partial charge >= 0.3 is 0 Å². The van der Waals surface area contributed by atoms with Crippen molar-refractivity contribution < 1.29 is 4.42 Å². The number of thiol groups is 1. The summed E-state index contributed by atoms with van der Waals surface area (Å²) >= 11 is 6.91. The first-order valence-corrected chi connectivity index (χ1v) is 20.3. The van der Waals surface area contributed by atoms with Crippen molar-refractivity contribution in [3.8, 4) is 17.1 Å². The van der Waals surface area contributed by atoms with Crippen molar-refractivity contribution in [2.75, 3.05) is 0 Å². The number of hydrogen-bond acceptors (Lipinski definition) is 5. The van der Waals surface area contributed by atoms with Crippen LogP contribution in [0.2, 0.25) is 0 Å². The van der Waals surface area contributed by atoms with Gasteiger partial charge < -0.3 is 4.42 Å². The molecule has 6 heteroatoms. The van der Waals surface area contributed by atoms with Gasteiger partial charge in [-0.25, -0.2) is 9.97 Å². The smallest absolute Gasteiger partial charge is 0.165 e. The number of hydrogen-bond donors (Lipinski definition) is 1. The summed E-state index contributed by atoms with van der Waals surface area (Å²) in [5.74, 6) is 1.36. The fraction of sp³-hybridized carbons (Fsp3) is 0.0400. The summed E-state index contributed by atoms with van der Waals surface area (Å²) in [5.41, 5.74) is 9.75. The predicted molar refractivity (Wildman–Crippen MR) is 242 cm³/mol. The van der Waals surface area contributed by atoms with Crippen LogP contribution in [0, 0.1) is 0 Å². The number of rotatable bonds is 4. The number of para-hydroxylation sites is 1. The van der Waals surface area contributed by atoms with Crippen molar-refractivity contribution in [1.29, 1.82) is 0 Å². The lowest BCUT2D eigenvalue weighted by molar-refractivity contribution is 0.673. The maximum Gasteiger partial charge on any atom is 0.165 e. The SMILES string of the molecule is C/C=C\c1c(CS)c2c3ccccc3n(-c3nc4cc5oc6c7ccccc7ccc6c5cc4nc3-c3ccccc3)c2c2sc3cc4ccccc4cc3c12. The van der Waals surface area contributed by atoms with E-state index in [0.29, 0.717) is 5.75 Å². The van der Waals surface area contributed by atoms with E-state index in [1.807, 2.05) is 11.3 Å². The molecule has 0 amide bonds. The Bertz CT molecular complexity index is 3650.